The first-order valence-electron chi connectivity index (χ1n) is 13.1. The second-order valence-corrected chi connectivity index (χ2v) is 12.2. The van der Waals surface area contributed by atoms with Gasteiger partial charge in [-0.25, -0.2) is 0 Å². The van der Waals surface area contributed by atoms with Crippen LogP contribution in [-0.2, 0) is 5.60 Å². The number of fused-ring (bicyclic) bond motifs is 1. The van der Waals surface area contributed by atoms with E-state index < -0.39 is 17.7 Å². The Balaban J connectivity index is 1.25. The molecule has 2 aliphatic rings. The van der Waals surface area contributed by atoms with E-state index in [1.807, 2.05) is 11.0 Å². The van der Waals surface area contributed by atoms with Gasteiger partial charge >= 0.3 is 6.18 Å². The number of benzene rings is 2. The minimum absolute atomic E-state index is 0.0600. The van der Waals surface area contributed by atoms with Crippen LogP contribution in [0.1, 0.15) is 48.5 Å². The number of halogens is 5. The molecule has 5 nitrogen and oxygen atoms in total. The van der Waals surface area contributed by atoms with Gasteiger partial charge in [0.25, 0.3) is 5.91 Å². The molecule has 2 aliphatic heterocycles. The molecule has 2 aromatic carbocycles. The average molecular weight is 625 g/mol. The molecule has 2 saturated heterocycles. The first-order chi connectivity index (χ1) is 18.4. The number of hydrogen-bond acceptors (Lipinski definition) is 4. The molecule has 208 valence electrons. The molecule has 2 fully saturated rings. The average Bonchev–Trinajstić information content (AvgIpc) is 2.92. The van der Waals surface area contributed by atoms with E-state index in [1.165, 1.54) is 24.3 Å². The maximum Gasteiger partial charge on any atom is 0.421 e. The SMILES string of the molecule is CC1(N2CCC(C(O)(c3ccc(Br)cc3)C(F)(F)F)CC2)CCN(C(=O)c2ccnc3cc(Cl)ccc23)CC1. The number of piperidine rings is 2. The van der Waals surface area contributed by atoms with Gasteiger partial charge < -0.3 is 10.0 Å². The normalized spacial score (nSPS) is 20.6. The Morgan fingerprint density at radius 1 is 1.05 bits per heavy atom. The number of amides is 1. The third-order valence-electron chi connectivity index (χ3n) is 8.63. The standard InChI is InChI=1S/C29H30BrClF3N3O2/c1-27(11-16-36(17-12-27)26(38)24-8-13-35-25-18-22(31)6-7-23(24)25)37-14-9-20(10-15-37)28(39,29(32,33)34)19-2-4-21(30)5-3-19/h2-8,13,18,20,39H,9-12,14-17H2,1H3. The van der Waals surface area contributed by atoms with Gasteiger partial charge in [0.1, 0.15) is 0 Å². The van der Waals surface area contributed by atoms with Gasteiger partial charge in [-0.2, -0.15) is 13.2 Å². The molecule has 5 rings (SSSR count). The van der Waals surface area contributed by atoms with Crippen molar-refractivity contribution in [2.75, 3.05) is 26.2 Å². The zero-order valence-electron chi connectivity index (χ0n) is 21.5. The van der Waals surface area contributed by atoms with Gasteiger partial charge in [0, 0.05) is 45.6 Å². The Hall–Kier alpha value is -2.20. The number of likely N-dealkylation sites (tertiary alicyclic amines) is 2. The highest BCUT2D eigenvalue weighted by Gasteiger charge is 2.60. The van der Waals surface area contributed by atoms with E-state index in [2.05, 4.69) is 32.7 Å². The van der Waals surface area contributed by atoms with Crippen molar-refractivity contribution in [3.63, 3.8) is 0 Å². The van der Waals surface area contributed by atoms with Crippen molar-refractivity contribution in [2.24, 2.45) is 5.92 Å². The topological polar surface area (TPSA) is 56.7 Å². The second-order valence-electron chi connectivity index (χ2n) is 10.8. The minimum Gasteiger partial charge on any atom is -0.376 e. The van der Waals surface area contributed by atoms with Crippen LogP contribution in [0.4, 0.5) is 13.2 Å². The number of nitrogens with zero attached hydrogens (tertiary/aromatic N) is 3. The van der Waals surface area contributed by atoms with Crippen molar-refractivity contribution >= 4 is 44.3 Å². The predicted octanol–water partition coefficient (Wildman–Crippen LogP) is 6.81. The molecule has 10 heteroatoms. The van der Waals surface area contributed by atoms with Crippen molar-refractivity contribution in [2.45, 2.75) is 49.9 Å². The van der Waals surface area contributed by atoms with Crippen LogP contribution in [-0.4, -0.2) is 63.7 Å². The molecule has 39 heavy (non-hydrogen) atoms. The highest BCUT2D eigenvalue weighted by atomic mass is 79.9. The lowest BCUT2D eigenvalue weighted by atomic mass is 9.74. The van der Waals surface area contributed by atoms with Crippen LogP contribution in [0.15, 0.2) is 59.2 Å². The van der Waals surface area contributed by atoms with E-state index >= 15 is 0 Å². The molecular formula is C29H30BrClF3N3O2. The van der Waals surface area contributed by atoms with Gasteiger partial charge in [0.2, 0.25) is 0 Å². The molecule has 1 aromatic heterocycles. The lowest BCUT2D eigenvalue weighted by Gasteiger charge is -2.51. The molecule has 0 spiro atoms. The molecule has 1 amide bonds. The van der Waals surface area contributed by atoms with Crippen molar-refractivity contribution in [3.8, 4) is 0 Å². The number of aliphatic hydroxyl groups is 1. The van der Waals surface area contributed by atoms with Crippen LogP contribution < -0.4 is 0 Å². The zero-order valence-corrected chi connectivity index (χ0v) is 23.9. The molecule has 3 aromatic rings. The van der Waals surface area contributed by atoms with Gasteiger partial charge in [-0.1, -0.05) is 45.7 Å². The fourth-order valence-electron chi connectivity index (χ4n) is 6.16. The van der Waals surface area contributed by atoms with E-state index in [1.54, 1.807) is 24.4 Å². The summed E-state index contributed by atoms with van der Waals surface area (Å²) in [4.78, 5) is 21.8. The third-order valence-corrected chi connectivity index (χ3v) is 9.39. The summed E-state index contributed by atoms with van der Waals surface area (Å²) >= 11 is 9.34. The summed E-state index contributed by atoms with van der Waals surface area (Å²) in [6, 6.07) is 12.8. The number of pyridine rings is 1. The fourth-order valence-corrected chi connectivity index (χ4v) is 6.59. The monoisotopic (exact) mass is 623 g/mol. The van der Waals surface area contributed by atoms with Crippen LogP contribution in [0.25, 0.3) is 10.9 Å². The van der Waals surface area contributed by atoms with Crippen LogP contribution in [0, 0.1) is 5.92 Å². The fraction of sp³-hybridized carbons (Fsp3) is 0.448. The van der Waals surface area contributed by atoms with Crippen LogP contribution in [0.5, 0.6) is 0 Å². The van der Waals surface area contributed by atoms with Crippen molar-refractivity contribution in [1.29, 1.82) is 0 Å². The van der Waals surface area contributed by atoms with E-state index in [0.29, 0.717) is 59.6 Å². The Kier molecular flexibility index (Phi) is 7.74. The van der Waals surface area contributed by atoms with E-state index in [0.717, 1.165) is 5.39 Å². The number of alkyl halides is 3. The smallest absolute Gasteiger partial charge is 0.376 e. The molecule has 3 heterocycles. The summed E-state index contributed by atoms with van der Waals surface area (Å²) in [7, 11) is 0. The van der Waals surface area contributed by atoms with Gasteiger partial charge in [0.15, 0.2) is 5.60 Å². The predicted molar refractivity (Wildman–Crippen MR) is 149 cm³/mol. The van der Waals surface area contributed by atoms with Crippen LogP contribution >= 0.6 is 27.5 Å². The molecule has 0 aliphatic carbocycles. The van der Waals surface area contributed by atoms with Crippen LogP contribution in [0.2, 0.25) is 5.02 Å². The third kappa shape index (κ3) is 5.31. The summed E-state index contributed by atoms with van der Waals surface area (Å²) < 4.78 is 43.4. The van der Waals surface area contributed by atoms with Gasteiger partial charge in [-0.15, -0.1) is 0 Å². The summed E-state index contributed by atoms with van der Waals surface area (Å²) in [5.74, 6) is -0.996. The Morgan fingerprint density at radius 3 is 2.31 bits per heavy atom. The molecule has 0 radical (unpaired) electrons. The summed E-state index contributed by atoms with van der Waals surface area (Å²) in [5, 5.41) is 12.4. The van der Waals surface area contributed by atoms with Crippen LogP contribution in [0.3, 0.4) is 0 Å². The van der Waals surface area contributed by atoms with E-state index in [9.17, 15) is 23.1 Å². The maximum atomic E-state index is 14.3. The number of carbonyl (C=O) groups is 1. The van der Waals surface area contributed by atoms with Crippen molar-refractivity contribution < 1.29 is 23.1 Å². The van der Waals surface area contributed by atoms with Crippen molar-refractivity contribution in [1.82, 2.24) is 14.8 Å². The molecule has 1 unspecified atom stereocenters. The maximum absolute atomic E-state index is 14.3. The molecule has 0 bridgehead atoms. The molecule has 1 atom stereocenters. The summed E-state index contributed by atoms with van der Waals surface area (Å²) in [5.41, 5.74) is -2.00. The quantitative estimate of drug-likeness (QED) is 0.347. The second kappa shape index (κ2) is 10.7. The van der Waals surface area contributed by atoms with E-state index in [4.69, 9.17) is 11.6 Å². The highest BCUT2D eigenvalue weighted by Crippen LogP contribution is 2.49. The molecule has 1 N–H and O–H groups in total. The first kappa shape index (κ1) is 28.3. The minimum atomic E-state index is -4.79. The highest BCUT2D eigenvalue weighted by molar-refractivity contribution is 9.10. The molecular weight excluding hydrogens is 595 g/mol. The largest absolute Gasteiger partial charge is 0.421 e. The first-order valence-corrected chi connectivity index (χ1v) is 14.2. The Bertz CT molecular complexity index is 1350. The number of aromatic nitrogens is 1. The summed E-state index contributed by atoms with van der Waals surface area (Å²) in [6.45, 7) is 4.15. The number of hydrogen-bond donors (Lipinski definition) is 1. The molecule has 0 saturated carbocycles. The van der Waals surface area contributed by atoms with Gasteiger partial charge in [0.05, 0.1) is 11.1 Å². The number of rotatable bonds is 4. The summed E-state index contributed by atoms with van der Waals surface area (Å²) in [6.07, 6.45) is -1.28. The van der Waals surface area contributed by atoms with Gasteiger partial charge in [-0.05, 0) is 81.6 Å². The zero-order chi connectivity index (χ0) is 28.0. The Labute approximate surface area is 239 Å². The van der Waals surface area contributed by atoms with Crippen molar-refractivity contribution in [3.05, 3.63) is 75.4 Å². The van der Waals surface area contributed by atoms with E-state index in [-0.39, 0.29) is 29.9 Å². The van der Waals surface area contributed by atoms with Gasteiger partial charge in [-0.3, -0.25) is 14.7 Å². The lowest BCUT2D eigenvalue weighted by molar-refractivity contribution is -0.291. The lowest BCUT2D eigenvalue weighted by Crippen LogP contribution is -2.59. The number of carbonyl (C=O) groups excluding carboxylic acids is 1. The Morgan fingerprint density at radius 2 is 1.69 bits per heavy atom.